The number of benzene rings is 1. The van der Waals surface area contributed by atoms with E-state index in [1.807, 2.05) is 6.07 Å². The third kappa shape index (κ3) is 2.73. The van der Waals surface area contributed by atoms with Gasteiger partial charge in [0.05, 0.1) is 17.6 Å². The molecule has 0 saturated heterocycles. The molecule has 20 heavy (non-hydrogen) atoms. The molecule has 1 rings (SSSR count). The van der Waals surface area contributed by atoms with Gasteiger partial charge >= 0.3 is 5.97 Å². The van der Waals surface area contributed by atoms with Crippen LogP contribution in [0, 0.1) is 28.4 Å². The van der Waals surface area contributed by atoms with Crippen LogP contribution in [-0.4, -0.2) is 17.5 Å². The summed E-state index contributed by atoms with van der Waals surface area (Å²) in [6.45, 7) is 4.74. The Morgan fingerprint density at radius 3 is 2.65 bits per heavy atom. The molecule has 1 aromatic carbocycles. The highest BCUT2D eigenvalue weighted by molar-refractivity contribution is 6.32. The maximum Gasteiger partial charge on any atom is 0.330 e. The third-order valence-electron chi connectivity index (χ3n) is 2.94. The second kappa shape index (κ2) is 5.88. The number of rotatable bonds is 4. The number of carbonyl (C=O) groups excluding carboxylic acids is 1. The van der Waals surface area contributed by atoms with E-state index >= 15 is 0 Å². The molecule has 0 aromatic heterocycles. The summed E-state index contributed by atoms with van der Waals surface area (Å²) in [5.74, 6) is -0.712. The van der Waals surface area contributed by atoms with Crippen molar-refractivity contribution >= 4 is 23.3 Å². The smallest absolute Gasteiger partial charge is 0.330 e. The lowest BCUT2D eigenvalue weighted by Crippen LogP contribution is -2.33. The average molecular weight is 297 g/mol. The second-order valence-corrected chi connectivity index (χ2v) is 4.74. The van der Waals surface area contributed by atoms with E-state index in [-0.39, 0.29) is 17.3 Å². The van der Waals surface area contributed by atoms with Gasteiger partial charge in [0.25, 0.3) is 5.69 Å². The molecule has 0 saturated carbocycles. The maximum atomic E-state index is 12.0. The van der Waals surface area contributed by atoms with Crippen molar-refractivity contribution in [2.24, 2.45) is 0 Å². The Bertz CT molecular complexity index is 609. The maximum absolute atomic E-state index is 12.0. The zero-order valence-electron chi connectivity index (χ0n) is 11.3. The van der Waals surface area contributed by atoms with Crippen LogP contribution in [0.5, 0.6) is 0 Å². The summed E-state index contributed by atoms with van der Waals surface area (Å²) in [7, 11) is 0. The van der Waals surface area contributed by atoms with Crippen molar-refractivity contribution in [3.63, 3.8) is 0 Å². The molecule has 1 atom stereocenters. The molecule has 0 amide bonds. The highest BCUT2D eigenvalue weighted by atomic mass is 35.5. The number of esters is 1. The van der Waals surface area contributed by atoms with Gasteiger partial charge in [-0.1, -0.05) is 11.6 Å². The molecule has 0 aliphatic heterocycles. The number of hydrogen-bond acceptors (Lipinski definition) is 5. The Balaban J connectivity index is 3.46. The molecule has 0 N–H and O–H groups in total. The van der Waals surface area contributed by atoms with Gasteiger partial charge in [0, 0.05) is 6.07 Å². The minimum absolute atomic E-state index is 0.124. The topological polar surface area (TPSA) is 93.2 Å². The van der Waals surface area contributed by atoms with Gasteiger partial charge in [0.1, 0.15) is 5.02 Å². The predicted molar refractivity (Wildman–Crippen MR) is 72.4 cm³/mol. The molecule has 0 bridgehead atoms. The van der Waals surface area contributed by atoms with E-state index in [4.69, 9.17) is 16.3 Å². The van der Waals surface area contributed by atoms with E-state index in [0.29, 0.717) is 11.1 Å². The van der Waals surface area contributed by atoms with Gasteiger partial charge in [0.2, 0.25) is 0 Å². The predicted octanol–water partition coefficient (Wildman–Crippen LogP) is 2.90. The number of nitrogens with zero attached hydrogens (tertiary/aromatic N) is 2. The molecular weight excluding hydrogens is 284 g/mol. The van der Waals surface area contributed by atoms with Crippen LogP contribution in [-0.2, 0) is 14.9 Å². The number of nitro benzene ring substituents is 1. The van der Waals surface area contributed by atoms with Crippen LogP contribution in [0.25, 0.3) is 0 Å². The first-order valence-electron chi connectivity index (χ1n) is 5.81. The van der Waals surface area contributed by atoms with Gasteiger partial charge in [-0.2, -0.15) is 5.26 Å². The quantitative estimate of drug-likeness (QED) is 0.484. The molecule has 0 aliphatic rings. The summed E-state index contributed by atoms with van der Waals surface area (Å²) in [5.41, 5.74) is -1.09. The van der Waals surface area contributed by atoms with Gasteiger partial charge in [0.15, 0.2) is 5.41 Å². The van der Waals surface area contributed by atoms with Crippen LogP contribution >= 0.6 is 11.6 Å². The van der Waals surface area contributed by atoms with Gasteiger partial charge < -0.3 is 4.74 Å². The van der Waals surface area contributed by atoms with Crippen molar-refractivity contribution < 1.29 is 14.5 Å². The van der Waals surface area contributed by atoms with Gasteiger partial charge in [-0.25, -0.2) is 4.79 Å². The number of halogens is 1. The minimum atomic E-state index is -1.56. The summed E-state index contributed by atoms with van der Waals surface area (Å²) in [6, 6.07) is 4.41. The highest BCUT2D eigenvalue weighted by Crippen LogP contribution is 2.35. The molecular formula is C13H13ClN2O4. The summed E-state index contributed by atoms with van der Waals surface area (Å²) in [4.78, 5) is 22.1. The third-order valence-corrected chi connectivity index (χ3v) is 3.24. The molecule has 6 nitrogen and oxygen atoms in total. The summed E-state index contributed by atoms with van der Waals surface area (Å²) in [6.07, 6.45) is 0. The lowest BCUT2D eigenvalue weighted by Gasteiger charge is -2.22. The van der Waals surface area contributed by atoms with Crippen molar-refractivity contribution in [3.8, 4) is 6.07 Å². The molecule has 1 aromatic rings. The molecule has 0 aliphatic carbocycles. The fourth-order valence-electron chi connectivity index (χ4n) is 1.84. The number of hydrogen-bond donors (Lipinski definition) is 0. The van der Waals surface area contributed by atoms with Crippen molar-refractivity contribution in [3.05, 3.63) is 38.4 Å². The Morgan fingerprint density at radius 2 is 2.20 bits per heavy atom. The van der Waals surface area contributed by atoms with E-state index in [0.717, 1.165) is 0 Å². The number of ether oxygens (including phenoxy) is 1. The Morgan fingerprint density at radius 1 is 1.60 bits per heavy atom. The molecule has 0 heterocycles. The molecule has 106 valence electrons. The summed E-state index contributed by atoms with van der Waals surface area (Å²) < 4.78 is 4.89. The molecule has 7 heteroatoms. The first-order chi connectivity index (χ1) is 9.27. The van der Waals surface area contributed by atoms with Crippen LogP contribution in [0.3, 0.4) is 0 Å². The van der Waals surface area contributed by atoms with E-state index in [2.05, 4.69) is 0 Å². The van der Waals surface area contributed by atoms with Gasteiger partial charge in [-0.15, -0.1) is 0 Å². The number of nitriles is 1. The molecule has 0 radical (unpaired) electrons. The Hall–Kier alpha value is -2.13. The van der Waals surface area contributed by atoms with Crippen molar-refractivity contribution in [1.29, 1.82) is 5.26 Å². The van der Waals surface area contributed by atoms with E-state index in [9.17, 15) is 20.2 Å². The van der Waals surface area contributed by atoms with E-state index in [1.54, 1.807) is 13.8 Å². The first kappa shape index (κ1) is 15.9. The minimum Gasteiger partial charge on any atom is -0.465 e. The Labute approximate surface area is 121 Å². The fraction of sp³-hybridized carbons (Fsp3) is 0.385. The summed E-state index contributed by atoms with van der Waals surface area (Å²) in [5, 5.41) is 20.0. The van der Waals surface area contributed by atoms with Crippen LogP contribution < -0.4 is 0 Å². The highest BCUT2D eigenvalue weighted by Gasteiger charge is 2.39. The zero-order chi connectivity index (χ0) is 15.5. The number of carbonyl (C=O) groups is 1. The summed E-state index contributed by atoms with van der Waals surface area (Å²) >= 11 is 5.84. The SMILES string of the molecule is CCOC(=O)C(C)(C#N)c1cc(Cl)c([N+](=O)[O-])cc1C. The van der Waals surface area contributed by atoms with E-state index in [1.165, 1.54) is 19.1 Å². The molecule has 0 fully saturated rings. The molecule has 1 unspecified atom stereocenters. The zero-order valence-corrected chi connectivity index (χ0v) is 12.0. The largest absolute Gasteiger partial charge is 0.465 e. The number of aryl methyl sites for hydroxylation is 1. The van der Waals surface area contributed by atoms with Crippen molar-refractivity contribution in [2.75, 3.05) is 6.61 Å². The number of nitro groups is 1. The van der Waals surface area contributed by atoms with E-state index < -0.39 is 16.3 Å². The average Bonchev–Trinajstić information content (AvgIpc) is 2.39. The van der Waals surface area contributed by atoms with Crippen LogP contribution in [0.1, 0.15) is 25.0 Å². The van der Waals surface area contributed by atoms with Crippen LogP contribution in [0.2, 0.25) is 5.02 Å². The van der Waals surface area contributed by atoms with Crippen molar-refractivity contribution in [1.82, 2.24) is 0 Å². The van der Waals surface area contributed by atoms with Gasteiger partial charge in [-0.3, -0.25) is 10.1 Å². The fourth-order valence-corrected chi connectivity index (χ4v) is 2.07. The standard InChI is InChI=1S/C13H13ClN2O4/c1-4-20-12(17)13(3,7-15)9-6-10(14)11(16(18)19)5-8(9)2/h5-6H,4H2,1-3H3. The lowest BCUT2D eigenvalue weighted by atomic mass is 9.81. The normalized spacial score (nSPS) is 13.2. The van der Waals surface area contributed by atoms with Crippen LogP contribution in [0.15, 0.2) is 12.1 Å². The lowest BCUT2D eigenvalue weighted by molar-refractivity contribution is -0.384. The second-order valence-electron chi connectivity index (χ2n) is 4.33. The van der Waals surface area contributed by atoms with Gasteiger partial charge in [-0.05, 0) is 38.0 Å². The Kier molecular flexibility index (Phi) is 4.69. The van der Waals surface area contributed by atoms with Crippen molar-refractivity contribution in [2.45, 2.75) is 26.2 Å². The first-order valence-corrected chi connectivity index (χ1v) is 6.19. The van der Waals surface area contributed by atoms with Crippen LogP contribution in [0.4, 0.5) is 5.69 Å². The monoisotopic (exact) mass is 296 g/mol. The molecule has 0 spiro atoms.